The summed E-state index contributed by atoms with van der Waals surface area (Å²) in [5.41, 5.74) is 6.42. The van der Waals surface area contributed by atoms with Crippen molar-refractivity contribution in [1.82, 2.24) is 4.98 Å². The third-order valence-corrected chi connectivity index (χ3v) is 6.89. The summed E-state index contributed by atoms with van der Waals surface area (Å²) in [6.45, 7) is 1.46. The number of hydrogen-bond donors (Lipinski definition) is 0. The summed E-state index contributed by atoms with van der Waals surface area (Å²) < 4.78 is 16.4. The number of aliphatic imine (C=N–C) groups is 2. The first-order chi connectivity index (χ1) is 13.5. The van der Waals surface area contributed by atoms with Crippen LogP contribution in [0.5, 0.6) is 0 Å². The molecule has 2 aliphatic heterocycles. The minimum atomic E-state index is -0.478. The van der Waals surface area contributed by atoms with Crippen LogP contribution in [0, 0.1) is 5.95 Å². The summed E-state index contributed by atoms with van der Waals surface area (Å²) in [5.74, 6) is -0.478. The van der Waals surface area contributed by atoms with Crippen molar-refractivity contribution in [2.45, 2.75) is 13.1 Å². The maximum atomic E-state index is 13.1. The molecular weight excluding hydrogens is 600 g/mol. The van der Waals surface area contributed by atoms with Gasteiger partial charge in [-0.1, -0.05) is 56.1 Å². The zero-order valence-electron chi connectivity index (χ0n) is 14.5. The summed E-state index contributed by atoms with van der Waals surface area (Å²) in [6, 6.07) is 15.4. The average Bonchev–Trinajstić information content (AvgIpc) is 3.28. The Hall–Kier alpha value is -1.45. The van der Waals surface area contributed by atoms with Gasteiger partial charge in [0.05, 0.1) is 18.8 Å². The van der Waals surface area contributed by atoms with Crippen LogP contribution < -0.4 is 0 Å². The van der Waals surface area contributed by atoms with E-state index in [1.165, 1.54) is 27.9 Å². The number of benzene rings is 2. The van der Waals surface area contributed by atoms with E-state index in [2.05, 4.69) is 81.6 Å². The second-order valence-corrected chi connectivity index (χ2v) is 8.90. The topological polar surface area (TPSA) is 37.6 Å². The van der Waals surface area contributed by atoms with Crippen LogP contribution in [0.2, 0.25) is 0 Å². The molecule has 28 heavy (non-hydrogen) atoms. The molecule has 2 aliphatic rings. The van der Waals surface area contributed by atoms with Crippen molar-refractivity contribution in [2.75, 3.05) is 0 Å². The van der Waals surface area contributed by atoms with E-state index in [0.29, 0.717) is 6.54 Å². The lowest BCUT2D eigenvalue weighted by Gasteiger charge is -2.04. The van der Waals surface area contributed by atoms with Crippen LogP contribution in [0.1, 0.15) is 27.8 Å². The fourth-order valence-electron chi connectivity index (χ4n) is 3.13. The van der Waals surface area contributed by atoms with E-state index >= 15 is 0 Å². The van der Waals surface area contributed by atoms with Gasteiger partial charge in [-0.05, 0) is 51.9 Å². The van der Waals surface area contributed by atoms with Crippen molar-refractivity contribution in [1.29, 1.82) is 0 Å². The fraction of sp³-hybridized carbons (Fsp3) is 0.0952. The largest absolute Gasteiger partial charge is 0.279 e. The summed E-state index contributed by atoms with van der Waals surface area (Å²) in [6.07, 6.45) is 1.46. The molecule has 0 amide bonds. The molecule has 0 bridgehead atoms. The summed E-state index contributed by atoms with van der Waals surface area (Å²) in [4.78, 5) is 12.4. The molecule has 3 nitrogen and oxygen atoms in total. The fourth-order valence-corrected chi connectivity index (χ4v) is 4.79. The Labute approximate surface area is 192 Å². The van der Waals surface area contributed by atoms with Gasteiger partial charge in [-0.15, -0.1) is 0 Å². The molecule has 3 heterocycles. The van der Waals surface area contributed by atoms with E-state index in [9.17, 15) is 4.39 Å². The van der Waals surface area contributed by atoms with Gasteiger partial charge in [-0.2, -0.15) is 4.39 Å². The van der Waals surface area contributed by atoms with E-state index in [4.69, 9.17) is 0 Å². The highest BCUT2D eigenvalue weighted by molar-refractivity contribution is 14.1. The lowest BCUT2D eigenvalue weighted by atomic mass is 10.0. The second-order valence-electron chi connectivity index (χ2n) is 6.17. The quantitative estimate of drug-likeness (QED) is 0.229. The lowest BCUT2D eigenvalue weighted by molar-refractivity contribution is 0.583. The number of rotatable bonds is 1. The normalized spacial score (nSPS) is 13.9. The van der Waals surface area contributed by atoms with Crippen molar-refractivity contribution in [3.63, 3.8) is 0 Å². The molecule has 0 saturated heterocycles. The monoisotopic (exact) mass is 611 g/mol. The lowest BCUT2D eigenvalue weighted by Crippen LogP contribution is -2.02. The molecule has 0 aliphatic carbocycles. The van der Waals surface area contributed by atoms with Gasteiger partial charge in [0.15, 0.2) is 0 Å². The molecular formula is C21H13Br2FIN3. The summed E-state index contributed by atoms with van der Waals surface area (Å²) >= 11 is 9.27. The molecule has 1 aromatic heterocycles. The van der Waals surface area contributed by atoms with E-state index in [-0.39, 0.29) is 0 Å². The van der Waals surface area contributed by atoms with Crippen LogP contribution in [-0.4, -0.2) is 14.4 Å². The van der Waals surface area contributed by atoms with Crippen LogP contribution in [0.3, 0.4) is 0 Å². The zero-order valence-corrected chi connectivity index (χ0v) is 19.8. The number of halogens is 4. The number of pyridine rings is 1. The van der Waals surface area contributed by atoms with Crippen LogP contribution in [0.4, 0.5) is 4.39 Å². The van der Waals surface area contributed by atoms with Crippen LogP contribution in [0.25, 0.3) is 0 Å². The Morgan fingerprint density at radius 3 is 2.18 bits per heavy atom. The van der Waals surface area contributed by atoms with E-state index in [0.717, 1.165) is 37.1 Å². The van der Waals surface area contributed by atoms with Crippen molar-refractivity contribution in [2.24, 2.45) is 9.98 Å². The maximum Gasteiger partial charge on any atom is 0.213 e. The van der Waals surface area contributed by atoms with Gasteiger partial charge in [0, 0.05) is 37.9 Å². The molecule has 0 spiro atoms. The maximum absolute atomic E-state index is 13.1. The van der Waals surface area contributed by atoms with Crippen LogP contribution in [-0.2, 0) is 13.1 Å². The number of aromatic nitrogens is 1. The number of fused-ring (bicyclic) bond motifs is 2. The predicted molar refractivity (Wildman–Crippen MR) is 126 cm³/mol. The molecule has 0 unspecified atom stereocenters. The predicted octanol–water partition coefficient (Wildman–Crippen LogP) is 6.48. The first kappa shape index (κ1) is 19.8. The third-order valence-electron chi connectivity index (χ3n) is 4.49. The van der Waals surface area contributed by atoms with Crippen molar-refractivity contribution in [3.8, 4) is 0 Å². The summed E-state index contributed by atoms with van der Waals surface area (Å²) in [7, 11) is 0. The standard InChI is InChI=1S/C13H8BrFN2.C8H5BrIN/c14-11-3-1-2-9-10(11)7-17-13(9)8-4-5-16-12(15)6-8;9-7-3-1-2-5-6(7)4-11-8(5)10/h1-6H,7H2;1-3H,4H2. The molecule has 140 valence electrons. The van der Waals surface area contributed by atoms with E-state index in [1.807, 2.05) is 24.3 Å². The molecule has 0 fully saturated rings. The summed E-state index contributed by atoms with van der Waals surface area (Å²) in [5, 5.41) is 0. The number of nitrogens with zero attached hydrogens (tertiary/aromatic N) is 3. The Bertz CT molecular complexity index is 1130. The highest BCUT2D eigenvalue weighted by Gasteiger charge is 2.19. The Balaban J connectivity index is 0.000000151. The Morgan fingerprint density at radius 1 is 0.857 bits per heavy atom. The minimum Gasteiger partial charge on any atom is -0.279 e. The first-order valence-electron chi connectivity index (χ1n) is 8.46. The number of hydrogen-bond acceptors (Lipinski definition) is 3. The smallest absolute Gasteiger partial charge is 0.213 e. The molecule has 5 rings (SSSR count). The van der Waals surface area contributed by atoms with Gasteiger partial charge in [-0.25, -0.2) is 4.98 Å². The molecule has 3 aromatic rings. The zero-order chi connectivity index (χ0) is 19.7. The minimum absolute atomic E-state index is 0.478. The second kappa shape index (κ2) is 8.51. The molecule has 0 N–H and O–H groups in total. The van der Waals surface area contributed by atoms with Gasteiger partial charge >= 0.3 is 0 Å². The molecule has 0 atom stereocenters. The third kappa shape index (κ3) is 3.97. The average molecular weight is 613 g/mol. The molecule has 0 saturated carbocycles. The molecule has 7 heteroatoms. The van der Waals surface area contributed by atoms with Crippen molar-refractivity contribution in [3.05, 3.63) is 97.4 Å². The van der Waals surface area contributed by atoms with Crippen molar-refractivity contribution < 1.29 is 4.39 Å². The van der Waals surface area contributed by atoms with Gasteiger partial charge < -0.3 is 0 Å². The highest BCUT2D eigenvalue weighted by atomic mass is 127. The molecule has 2 aromatic carbocycles. The first-order valence-corrected chi connectivity index (χ1v) is 11.1. The van der Waals surface area contributed by atoms with E-state index < -0.39 is 5.95 Å². The van der Waals surface area contributed by atoms with Crippen LogP contribution in [0.15, 0.2) is 73.7 Å². The van der Waals surface area contributed by atoms with Crippen LogP contribution >= 0.6 is 54.5 Å². The molecule has 0 radical (unpaired) electrons. The van der Waals surface area contributed by atoms with Gasteiger partial charge in [-0.3, -0.25) is 9.98 Å². The van der Waals surface area contributed by atoms with Crippen molar-refractivity contribution >= 4 is 63.9 Å². The van der Waals surface area contributed by atoms with E-state index in [1.54, 1.807) is 6.07 Å². The van der Waals surface area contributed by atoms with Gasteiger partial charge in [0.1, 0.15) is 3.72 Å². The highest BCUT2D eigenvalue weighted by Crippen LogP contribution is 2.29. The van der Waals surface area contributed by atoms with Gasteiger partial charge in [0.2, 0.25) is 5.95 Å². The Kier molecular flexibility index (Phi) is 6.03. The Morgan fingerprint density at radius 2 is 1.50 bits per heavy atom. The SMILES string of the molecule is Brc1cccc2c1CN=C2I.Fc1cc(C2=NCc3c(Br)cccc32)ccn1. The van der Waals surface area contributed by atoms with Gasteiger partial charge in [0.25, 0.3) is 0 Å².